The highest BCUT2D eigenvalue weighted by Gasteiger charge is 2.17. The predicted molar refractivity (Wildman–Crippen MR) is 75.1 cm³/mol. The molecule has 100 valence electrons. The van der Waals surface area contributed by atoms with Crippen molar-refractivity contribution < 1.29 is 9.18 Å². The second kappa shape index (κ2) is 5.43. The Morgan fingerprint density at radius 2 is 2.21 bits per heavy atom. The highest BCUT2D eigenvalue weighted by atomic mass is 79.9. The molecule has 1 heterocycles. The van der Waals surface area contributed by atoms with Crippen LogP contribution in [0.15, 0.2) is 22.7 Å². The van der Waals surface area contributed by atoms with E-state index in [0.717, 1.165) is 21.9 Å². The Morgan fingerprint density at radius 1 is 1.53 bits per heavy atom. The van der Waals surface area contributed by atoms with Gasteiger partial charge in [0, 0.05) is 12.6 Å². The summed E-state index contributed by atoms with van der Waals surface area (Å²) in [6.45, 7) is 1.85. The van der Waals surface area contributed by atoms with E-state index in [1.165, 1.54) is 12.1 Å². The van der Waals surface area contributed by atoms with E-state index in [4.69, 9.17) is 11.6 Å². The van der Waals surface area contributed by atoms with E-state index in [1.807, 2.05) is 6.92 Å². The van der Waals surface area contributed by atoms with Gasteiger partial charge in [-0.05, 0) is 41.1 Å². The molecule has 0 fully saturated rings. The molecule has 0 bridgehead atoms. The van der Waals surface area contributed by atoms with Crippen molar-refractivity contribution in [2.75, 3.05) is 0 Å². The number of carbonyl (C=O) groups is 1. The fourth-order valence-electron chi connectivity index (χ4n) is 1.84. The lowest BCUT2D eigenvalue weighted by atomic mass is 10.1. The molecule has 19 heavy (non-hydrogen) atoms. The summed E-state index contributed by atoms with van der Waals surface area (Å²) in [6.07, 6.45) is 0.156. The van der Waals surface area contributed by atoms with Crippen LogP contribution in [0.25, 0.3) is 0 Å². The fourth-order valence-corrected chi connectivity index (χ4v) is 2.58. The van der Waals surface area contributed by atoms with Gasteiger partial charge in [0.05, 0.1) is 27.3 Å². The van der Waals surface area contributed by atoms with E-state index in [9.17, 15) is 9.18 Å². The number of benzene rings is 1. The van der Waals surface area contributed by atoms with E-state index in [-0.39, 0.29) is 17.2 Å². The predicted octanol–water partition coefficient (Wildman–Crippen LogP) is 3.71. The maximum Gasteiger partial charge on any atom is 0.170 e. The monoisotopic (exact) mass is 344 g/mol. The summed E-state index contributed by atoms with van der Waals surface area (Å²) in [7, 11) is 1.77. The largest absolute Gasteiger partial charge is 0.294 e. The number of ketones is 1. The summed E-state index contributed by atoms with van der Waals surface area (Å²) in [4.78, 5) is 12.2. The van der Waals surface area contributed by atoms with E-state index in [0.29, 0.717) is 5.56 Å². The first-order chi connectivity index (χ1) is 8.90. The van der Waals surface area contributed by atoms with Crippen LogP contribution in [-0.2, 0) is 13.5 Å². The van der Waals surface area contributed by atoms with Crippen molar-refractivity contribution in [3.05, 3.63) is 50.5 Å². The molecule has 6 heteroatoms. The summed E-state index contributed by atoms with van der Waals surface area (Å²) >= 11 is 9.28. The van der Waals surface area contributed by atoms with Crippen LogP contribution in [0, 0.1) is 12.7 Å². The zero-order valence-electron chi connectivity index (χ0n) is 10.4. The molecule has 2 aromatic rings. The third-order valence-corrected chi connectivity index (χ3v) is 4.17. The number of nitrogens with zero attached hydrogens (tertiary/aromatic N) is 2. The van der Waals surface area contributed by atoms with Crippen LogP contribution >= 0.6 is 27.5 Å². The van der Waals surface area contributed by atoms with Crippen LogP contribution in [-0.4, -0.2) is 15.6 Å². The first kappa shape index (κ1) is 14.2. The van der Waals surface area contributed by atoms with E-state index >= 15 is 0 Å². The number of aryl methyl sites for hydroxylation is 2. The minimum Gasteiger partial charge on any atom is -0.294 e. The standard InChI is InChI=1S/C13H11BrClFN2O/c1-7-13(14)11(18(2)17-7)6-12(19)9-4-3-8(16)5-10(9)15/h3-5H,6H2,1-2H3. The number of hydrogen-bond acceptors (Lipinski definition) is 2. The number of carbonyl (C=O) groups excluding carboxylic acids is 1. The highest BCUT2D eigenvalue weighted by Crippen LogP contribution is 2.24. The van der Waals surface area contributed by atoms with Crippen molar-refractivity contribution >= 4 is 33.3 Å². The number of hydrogen-bond donors (Lipinski definition) is 0. The number of halogens is 3. The third kappa shape index (κ3) is 2.87. The summed E-state index contributed by atoms with van der Waals surface area (Å²) < 4.78 is 15.4. The summed E-state index contributed by atoms with van der Waals surface area (Å²) in [5.74, 6) is -0.632. The van der Waals surface area contributed by atoms with Crippen molar-refractivity contribution in [1.29, 1.82) is 0 Å². The van der Waals surface area contributed by atoms with Gasteiger partial charge in [-0.15, -0.1) is 0 Å². The summed E-state index contributed by atoms with van der Waals surface area (Å²) in [6, 6.07) is 3.76. The van der Waals surface area contributed by atoms with Crippen LogP contribution in [0.2, 0.25) is 5.02 Å². The lowest BCUT2D eigenvalue weighted by molar-refractivity contribution is 0.0990. The quantitative estimate of drug-likeness (QED) is 0.795. The highest BCUT2D eigenvalue weighted by molar-refractivity contribution is 9.10. The van der Waals surface area contributed by atoms with Crippen molar-refractivity contribution in [2.24, 2.45) is 7.05 Å². The number of rotatable bonds is 3. The molecule has 1 aromatic carbocycles. The molecule has 0 aliphatic heterocycles. The van der Waals surface area contributed by atoms with Crippen molar-refractivity contribution in [3.63, 3.8) is 0 Å². The number of aromatic nitrogens is 2. The van der Waals surface area contributed by atoms with Crippen molar-refractivity contribution in [3.8, 4) is 0 Å². The average Bonchev–Trinajstić information content (AvgIpc) is 2.56. The SMILES string of the molecule is Cc1nn(C)c(CC(=O)c2ccc(F)cc2Cl)c1Br. The molecule has 1 aromatic heterocycles. The van der Waals surface area contributed by atoms with Gasteiger partial charge in [0.25, 0.3) is 0 Å². The molecule has 0 N–H and O–H groups in total. The van der Waals surface area contributed by atoms with Gasteiger partial charge in [-0.1, -0.05) is 11.6 Å². The van der Waals surface area contributed by atoms with Crippen LogP contribution in [0.5, 0.6) is 0 Å². The molecular weight excluding hydrogens is 335 g/mol. The normalized spacial score (nSPS) is 10.8. The molecule has 0 aliphatic carbocycles. The Balaban J connectivity index is 2.31. The van der Waals surface area contributed by atoms with Crippen LogP contribution in [0.3, 0.4) is 0 Å². The van der Waals surface area contributed by atoms with Crippen LogP contribution in [0.4, 0.5) is 4.39 Å². The zero-order chi connectivity index (χ0) is 14.2. The smallest absolute Gasteiger partial charge is 0.170 e. The molecule has 0 atom stereocenters. The molecule has 0 saturated heterocycles. The van der Waals surface area contributed by atoms with Gasteiger partial charge >= 0.3 is 0 Å². The first-order valence-corrected chi connectivity index (χ1v) is 6.73. The second-order valence-corrected chi connectivity index (χ2v) is 5.39. The molecular formula is C13H11BrClFN2O. The molecule has 0 amide bonds. The summed E-state index contributed by atoms with van der Waals surface area (Å²) in [5.41, 5.74) is 1.90. The maximum absolute atomic E-state index is 13.0. The van der Waals surface area contributed by atoms with Gasteiger partial charge in [-0.3, -0.25) is 9.48 Å². The van der Waals surface area contributed by atoms with Crippen LogP contribution < -0.4 is 0 Å². The van der Waals surface area contributed by atoms with E-state index in [1.54, 1.807) is 11.7 Å². The Kier molecular flexibility index (Phi) is 4.06. The zero-order valence-corrected chi connectivity index (χ0v) is 12.7. The van der Waals surface area contributed by atoms with Gasteiger partial charge in [0.1, 0.15) is 5.82 Å². The Morgan fingerprint density at radius 3 is 2.74 bits per heavy atom. The van der Waals surface area contributed by atoms with Crippen molar-refractivity contribution in [1.82, 2.24) is 9.78 Å². The molecule has 0 radical (unpaired) electrons. The Bertz CT molecular complexity index is 654. The molecule has 0 aliphatic rings. The lowest BCUT2D eigenvalue weighted by Crippen LogP contribution is -2.09. The average molecular weight is 346 g/mol. The van der Waals surface area contributed by atoms with Crippen molar-refractivity contribution in [2.45, 2.75) is 13.3 Å². The van der Waals surface area contributed by atoms with Gasteiger partial charge in [0.15, 0.2) is 5.78 Å². The van der Waals surface area contributed by atoms with Gasteiger partial charge in [0.2, 0.25) is 0 Å². The second-order valence-electron chi connectivity index (χ2n) is 4.19. The molecule has 2 rings (SSSR count). The van der Waals surface area contributed by atoms with Gasteiger partial charge < -0.3 is 0 Å². The number of Topliss-reactive ketones (excluding diaryl/α,β-unsaturated/α-hetero) is 1. The van der Waals surface area contributed by atoms with E-state index < -0.39 is 5.82 Å². The Hall–Kier alpha value is -1.20. The van der Waals surface area contributed by atoms with E-state index in [2.05, 4.69) is 21.0 Å². The first-order valence-electron chi connectivity index (χ1n) is 5.56. The molecule has 0 saturated carbocycles. The fraction of sp³-hybridized carbons (Fsp3) is 0.231. The van der Waals surface area contributed by atoms with Crippen LogP contribution in [0.1, 0.15) is 21.7 Å². The minimum atomic E-state index is -0.459. The third-order valence-electron chi connectivity index (χ3n) is 2.82. The topological polar surface area (TPSA) is 34.9 Å². The lowest BCUT2D eigenvalue weighted by Gasteiger charge is -2.05. The molecule has 3 nitrogen and oxygen atoms in total. The van der Waals surface area contributed by atoms with Gasteiger partial charge in [-0.2, -0.15) is 5.10 Å². The molecule has 0 unspecified atom stereocenters. The van der Waals surface area contributed by atoms with Gasteiger partial charge in [-0.25, -0.2) is 4.39 Å². The maximum atomic E-state index is 13.0. The molecule has 0 spiro atoms. The minimum absolute atomic E-state index is 0.125. The summed E-state index contributed by atoms with van der Waals surface area (Å²) in [5, 5.41) is 4.34. The Labute approximate surface area is 123 Å².